The van der Waals surface area contributed by atoms with Gasteiger partial charge in [-0.25, -0.2) is 0 Å². The summed E-state index contributed by atoms with van der Waals surface area (Å²) in [6.45, 7) is 0. The van der Waals surface area contributed by atoms with Gasteiger partial charge in [-0.3, -0.25) is 4.79 Å². The number of carbonyl (C=O) groups is 1. The largest absolute Gasteiger partial charge is 0.296 e. The molecule has 38 valence electrons. The molecule has 0 saturated carbocycles. The number of halogens is 1. The predicted octanol–water partition coefficient (Wildman–Crippen LogP) is -0.461. The van der Waals surface area contributed by atoms with Crippen LogP contribution in [0.5, 0.6) is 0 Å². The van der Waals surface area contributed by atoms with Gasteiger partial charge in [-0.05, 0) is 23.6 Å². The first kappa shape index (κ1) is 6.74. The summed E-state index contributed by atoms with van der Waals surface area (Å²) in [5, 5.41) is -0.559. The van der Waals surface area contributed by atoms with Gasteiger partial charge >= 0.3 is 0 Å². The molecule has 0 amide bonds. The highest BCUT2D eigenvalue weighted by molar-refractivity contribution is 6.68. The standard InChI is InChI=1S/C4H5ClOSi/c5-4(6)2-1-3-7/h3H2,7H3. The number of hydrogen-bond acceptors (Lipinski definition) is 1. The van der Waals surface area contributed by atoms with Gasteiger partial charge in [-0.2, -0.15) is 0 Å². The predicted molar refractivity (Wildman–Crippen MR) is 33.4 cm³/mol. The lowest BCUT2D eigenvalue weighted by Gasteiger charge is -1.64. The minimum absolute atomic E-state index is 0.559. The van der Waals surface area contributed by atoms with E-state index >= 15 is 0 Å². The molecule has 0 aliphatic carbocycles. The van der Waals surface area contributed by atoms with Crippen LogP contribution >= 0.6 is 11.6 Å². The van der Waals surface area contributed by atoms with Crippen molar-refractivity contribution in [2.75, 3.05) is 0 Å². The van der Waals surface area contributed by atoms with E-state index in [4.69, 9.17) is 11.6 Å². The van der Waals surface area contributed by atoms with Crippen LogP contribution in [-0.4, -0.2) is 15.5 Å². The Balaban J connectivity index is 3.45. The van der Waals surface area contributed by atoms with Crippen LogP contribution in [-0.2, 0) is 4.79 Å². The van der Waals surface area contributed by atoms with Crippen molar-refractivity contribution < 1.29 is 4.79 Å². The molecule has 0 heterocycles. The smallest absolute Gasteiger partial charge is 0.266 e. The lowest BCUT2D eigenvalue weighted by atomic mass is 10.6. The van der Waals surface area contributed by atoms with Gasteiger partial charge in [0.15, 0.2) is 0 Å². The van der Waals surface area contributed by atoms with Crippen LogP contribution in [0.4, 0.5) is 0 Å². The maximum Gasteiger partial charge on any atom is 0.296 e. The van der Waals surface area contributed by atoms with Crippen LogP contribution in [0.3, 0.4) is 0 Å². The van der Waals surface area contributed by atoms with E-state index in [1.165, 1.54) is 0 Å². The van der Waals surface area contributed by atoms with Crippen molar-refractivity contribution in [2.45, 2.75) is 6.04 Å². The molecule has 0 fully saturated rings. The maximum absolute atomic E-state index is 9.81. The normalized spacial score (nSPS) is 7.00. The van der Waals surface area contributed by atoms with Crippen molar-refractivity contribution in [3.05, 3.63) is 0 Å². The SMILES string of the molecule is O=C(Cl)C#CC[SiH3]. The molecular weight excluding hydrogens is 128 g/mol. The van der Waals surface area contributed by atoms with E-state index in [2.05, 4.69) is 11.8 Å². The Labute approximate surface area is 50.5 Å². The average molecular weight is 133 g/mol. The zero-order valence-electron chi connectivity index (χ0n) is 3.99. The highest BCUT2D eigenvalue weighted by atomic mass is 35.5. The zero-order chi connectivity index (χ0) is 5.70. The topological polar surface area (TPSA) is 17.1 Å². The molecule has 0 aromatic heterocycles. The van der Waals surface area contributed by atoms with Crippen LogP contribution in [0.15, 0.2) is 0 Å². The Morgan fingerprint density at radius 1 is 1.86 bits per heavy atom. The summed E-state index contributed by atoms with van der Waals surface area (Å²) in [6, 6.07) is 0.818. The number of carbonyl (C=O) groups excluding carboxylic acids is 1. The van der Waals surface area contributed by atoms with Gasteiger partial charge in [0, 0.05) is 10.2 Å². The first-order chi connectivity index (χ1) is 3.27. The van der Waals surface area contributed by atoms with Gasteiger partial charge in [0.25, 0.3) is 5.24 Å². The van der Waals surface area contributed by atoms with Gasteiger partial charge in [0.1, 0.15) is 0 Å². The molecule has 0 aromatic rings. The fourth-order valence-corrected chi connectivity index (χ4v) is 0.401. The summed E-state index contributed by atoms with van der Waals surface area (Å²) in [5.41, 5.74) is 0. The summed E-state index contributed by atoms with van der Waals surface area (Å²) in [7, 11) is 1.01. The molecule has 0 radical (unpaired) electrons. The summed E-state index contributed by atoms with van der Waals surface area (Å²) in [5.74, 6) is 4.78. The Bertz CT molecular complexity index is 121. The second kappa shape index (κ2) is 3.91. The van der Waals surface area contributed by atoms with Crippen molar-refractivity contribution in [1.29, 1.82) is 0 Å². The lowest BCUT2D eigenvalue weighted by molar-refractivity contribution is -0.107. The molecule has 0 aliphatic heterocycles. The third-order valence-electron chi connectivity index (χ3n) is 0.363. The summed E-state index contributed by atoms with van der Waals surface area (Å²) in [6.07, 6.45) is 0. The molecular formula is C4H5ClOSi. The molecule has 0 unspecified atom stereocenters. The van der Waals surface area contributed by atoms with Crippen LogP contribution < -0.4 is 0 Å². The molecule has 0 spiro atoms. The average Bonchev–Trinajstić information content (AvgIpc) is 1.61. The lowest BCUT2D eigenvalue weighted by Crippen LogP contribution is -1.73. The first-order valence-corrected chi connectivity index (χ1v) is 3.75. The molecule has 0 aromatic carbocycles. The summed E-state index contributed by atoms with van der Waals surface area (Å²) >= 11 is 4.86. The maximum atomic E-state index is 9.81. The molecule has 0 N–H and O–H groups in total. The Morgan fingerprint density at radius 2 is 2.43 bits per heavy atom. The van der Waals surface area contributed by atoms with Crippen molar-refractivity contribution >= 4 is 27.1 Å². The number of hydrogen-bond donors (Lipinski definition) is 0. The third-order valence-corrected chi connectivity index (χ3v) is 0.811. The van der Waals surface area contributed by atoms with E-state index in [9.17, 15) is 4.79 Å². The highest BCUT2D eigenvalue weighted by Crippen LogP contribution is 1.73. The Hall–Kier alpha value is -0.263. The molecule has 0 bridgehead atoms. The van der Waals surface area contributed by atoms with E-state index < -0.39 is 5.24 Å². The van der Waals surface area contributed by atoms with Crippen LogP contribution in [0.1, 0.15) is 0 Å². The van der Waals surface area contributed by atoms with E-state index in [1.54, 1.807) is 0 Å². The fraction of sp³-hybridized carbons (Fsp3) is 0.250. The van der Waals surface area contributed by atoms with Gasteiger partial charge in [-0.15, -0.1) is 0 Å². The van der Waals surface area contributed by atoms with Crippen molar-refractivity contribution in [1.82, 2.24) is 0 Å². The second-order valence-electron chi connectivity index (χ2n) is 0.929. The Kier molecular flexibility index (Phi) is 3.76. The van der Waals surface area contributed by atoms with E-state index in [-0.39, 0.29) is 0 Å². The van der Waals surface area contributed by atoms with Crippen molar-refractivity contribution in [2.24, 2.45) is 0 Å². The molecule has 7 heavy (non-hydrogen) atoms. The van der Waals surface area contributed by atoms with Gasteiger partial charge in [0.2, 0.25) is 0 Å². The van der Waals surface area contributed by atoms with E-state index in [0.29, 0.717) is 0 Å². The third kappa shape index (κ3) is 5.74. The van der Waals surface area contributed by atoms with Gasteiger partial charge in [0.05, 0.1) is 0 Å². The number of rotatable bonds is 0. The van der Waals surface area contributed by atoms with Gasteiger partial charge < -0.3 is 0 Å². The van der Waals surface area contributed by atoms with E-state index in [1.807, 2.05) is 0 Å². The van der Waals surface area contributed by atoms with Crippen molar-refractivity contribution in [3.8, 4) is 11.8 Å². The second-order valence-corrected chi connectivity index (χ2v) is 1.98. The first-order valence-electron chi connectivity index (χ1n) is 1.95. The molecule has 3 heteroatoms. The molecule has 0 saturated heterocycles. The molecule has 1 nitrogen and oxygen atoms in total. The fourth-order valence-electron chi connectivity index (χ4n) is 0.158. The summed E-state index contributed by atoms with van der Waals surface area (Å²) in [4.78, 5) is 9.81. The minimum Gasteiger partial charge on any atom is -0.266 e. The summed E-state index contributed by atoms with van der Waals surface area (Å²) < 4.78 is 0. The Morgan fingerprint density at radius 3 is 2.57 bits per heavy atom. The van der Waals surface area contributed by atoms with Gasteiger partial charge in [-0.1, -0.05) is 5.92 Å². The molecule has 0 atom stereocenters. The van der Waals surface area contributed by atoms with Crippen LogP contribution in [0.2, 0.25) is 6.04 Å². The zero-order valence-corrected chi connectivity index (χ0v) is 6.75. The highest BCUT2D eigenvalue weighted by Gasteiger charge is 1.78. The van der Waals surface area contributed by atoms with Crippen LogP contribution in [0, 0.1) is 11.8 Å². The molecule has 0 rings (SSSR count). The molecule has 0 aliphatic rings. The van der Waals surface area contributed by atoms with E-state index in [0.717, 1.165) is 16.3 Å². The monoisotopic (exact) mass is 132 g/mol. The minimum atomic E-state index is -0.559. The van der Waals surface area contributed by atoms with Crippen molar-refractivity contribution in [3.63, 3.8) is 0 Å². The quantitative estimate of drug-likeness (QED) is 0.248. The van der Waals surface area contributed by atoms with Crippen LogP contribution in [0.25, 0.3) is 0 Å².